The fraction of sp³-hybridized carbons (Fsp3) is 0.300. The molecule has 0 unspecified atom stereocenters. The molecule has 0 aromatic heterocycles. The van der Waals surface area contributed by atoms with Crippen molar-refractivity contribution < 1.29 is 14.3 Å². The number of hydrogen-bond acceptors (Lipinski definition) is 4. The van der Waals surface area contributed by atoms with Gasteiger partial charge in [-0.3, -0.25) is 4.79 Å². The van der Waals surface area contributed by atoms with Crippen LogP contribution in [0.15, 0.2) is 12.1 Å². The number of carbonyl (C=O) groups excluding carboxylic acids is 1. The second kappa shape index (κ2) is 5.00. The van der Waals surface area contributed by atoms with Crippen LogP contribution in [-0.4, -0.2) is 26.5 Å². The third-order valence-corrected chi connectivity index (χ3v) is 2.26. The van der Waals surface area contributed by atoms with Crippen LogP contribution in [0.3, 0.4) is 0 Å². The average molecular weight is 230 g/mol. The van der Waals surface area contributed by atoms with Gasteiger partial charge in [-0.25, -0.2) is 0 Å². The summed E-state index contributed by atoms with van der Waals surface area (Å²) in [5, 5.41) is 0.392. The molecule has 0 atom stereocenters. The molecule has 0 spiro atoms. The van der Waals surface area contributed by atoms with Gasteiger partial charge >= 0.3 is 0 Å². The summed E-state index contributed by atoms with van der Waals surface area (Å²) in [5.41, 5.74) is 5.65. The summed E-state index contributed by atoms with van der Waals surface area (Å²) in [5.74, 6) is 0.445. The molecule has 0 fully saturated rings. The lowest BCUT2D eigenvalue weighted by Gasteiger charge is -2.12. The molecule has 0 aliphatic rings. The van der Waals surface area contributed by atoms with Crippen molar-refractivity contribution in [3.8, 4) is 11.5 Å². The largest absolute Gasteiger partial charge is 0.492 e. The molecule has 1 aromatic carbocycles. The van der Waals surface area contributed by atoms with Gasteiger partial charge in [0.1, 0.15) is 0 Å². The van der Waals surface area contributed by atoms with Crippen LogP contribution in [-0.2, 0) is 0 Å². The third-order valence-electron chi connectivity index (χ3n) is 1.96. The lowest BCUT2D eigenvalue weighted by atomic mass is 10.1. The number of methoxy groups -OCH3 is 2. The Balaban J connectivity index is 3.35. The Bertz CT molecular complexity index is 379. The monoisotopic (exact) mass is 229 g/mol. The molecule has 0 saturated carbocycles. The molecule has 0 radical (unpaired) electrons. The molecule has 82 valence electrons. The summed E-state index contributed by atoms with van der Waals surface area (Å²) in [6.07, 6.45) is 0. The van der Waals surface area contributed by atoms with E-state index in [4.69, 9.17) is 26.8 Å². The second-order valence-corrected chi connectivity index (χ2v) is 3.20. The maximum Gasteiger partial charge on any atom is 0.180 e. The number of ketones is 1. The minimum absolute atomic E-state index is 0.0822. The van der Waals surface area contributed by atoms with Gasteiger partial charge in [-0.1, -0.05) is 11.6 Å². The number of halogens is 1. The van der Waals surface area contributed by atoms with Crippen LogP contribution >= 0.6 is 11.6 Å². The Morgan fingerprint density at radius 3 is 2.40 bits per heavy atom. The fourth-order valence-electron chi connectivity index (χ4n) is 1.26. The smallest absolute Gasteiger partial charge is 0.180 e. The summed E-state index contributed by atoms with van der Waals surface area (Å²) in [6.45, 7) is -0.0822. The van der Waals surface area contributed by atoms with E-state index in [1.54, 1.807) is 12.1 Å². The summed E-state index contributed by atoms with van der Waals surface area (Å²) in [6, 6.07) is 3.14. The summed E-state index contributed by atoms with van der Waals surface area (Å²) < 4.78 is 10.1. The average Bonchev–Trinajstić information content (AvgIpc) is 2.27. The van der Waals surface area contributed by atoms with Crippen LogP contribution in [0.4, 0.5) is 0 Å². The normalized spacial score (nSPS) is 9.87. The van der Waals surface area contributed by atoms with E-state index in [0.29, 0.717) is 22.1 Å². The molecule has 0 heterocycles. The number of benzene rings is 1. The number of carbonyl (C=O) groups is 1. The number of rotatable bonds is 4. The van der Waals surface area contributed by atoms with Gasteiger partial charge in [0.2, 0.25) is 0 Å². The molecule has 2 N–H and O–H groups in total. The van der Waals surface area contributed by atoms with Gasteiger partial charge in [0.25, 0.3) is 0 Å². The Kier molecular flexibility index (Phi) is 3.94. The van der Waals surface area contributed by atoms with Gasteiger partial charge in [-0.2, -0.15) is 0 Å². The highest BCUT2D eigenvalue weighted by Gasteiger charge is 2.17. The van der Waals surface area contributed by atoms with Crippen LogP contribution in [0.2, 0.25) is 5.02 Å². The van der Waals surface area contributed by atoms with E-state index in [-0.39, 0.29) is 12.3 Å². The first-order valence-corrected chi connectivity index (χ1v) is 4.67. The minimum Gasteiger partial charge on any atom is -0.492 e. The predicted octanol–water partition coefficient (Wildman–Crippen LogP) is 1.50. The standard InChI is InChI=1S/C10H12ClNO3/c1-14-9-6(8(13)5-12)3-4-7(11)10(9)15-2/h3-4H,5,12H2,1-2H3. The van der Waals surface area contributed by atoms with Crippen molar-refractivity contribution >= 4 is 17.4 Å². The maximum atomic E-state index is 11.5. The van der Waals surface area contributed by atoms with Gasteiger partial charge in [0.15, 0.2) is 17.3 Å². The quantitative estimate of drug-likeness (QED) is 0.795. The van der Waals surface area contributed by atoms with E-state index < -0.39 is 0 Å². The van der Waals surface area contributed by atoms with Gasteiger partial charge in [-0.05, 0) is 12.1 Å². The van der Waals surface area contributed by atoms with E-state index in [9.17, 15) is 4.79 Å². The minimum atomic E-state index is -0.221. The van der Waals surface area contributed by atoms with Crippen molar-refractivity contribution in [2.24, 2.45) is 5.73 Å². The van der Waals surface area contributed by atoms with E-state index in [1.807, 2.05) is 0 Å². The van der Waals surface area contributed by atoms with Crippen molar-refractivity contribution in [2.75, 3.05) is 20.8 Å². The lowest BCUT2D eigenvalue weighted by molar-refractivity contribution is 0.0998. The first-order valence-electron chi connectivity index (χ1n) is 4.29. The Hall–Kier alpha value is -1.26. The number of nitrogens with two attached hydrogens (primary N) is 1. The van der Waals surface area contributed by atoms with Crippen LogP contribution in [0, 0.1) is 0 Å². The van der Waals surface area contributed by atoms with E-state index in [2.05, 4.69) is 0 Å². The number of Topliss-reactive ketones (excluding diaryl/α,β-unsaturated/α-hetero) is 1. The van der Waals surface area contributed by atoms with Crippen LogP contribution in [0.25, 0.3) is 0 Å². The van der Waals surface area contributed by atoms with Gasteiger partial charge in [0, 0.05) is 0 Å². The highest BCUT2D eigenvalue weighted by Crippen LogP contribution is 2.37. The third kappa shape index (κ3) is 2.22. The predicted molar refractivity (Wildman–Crippen MR) is 57.9 cm³/mol. The first kappa shape index (κ1) is 11.8. The van der Waals surface area contributed by atoms with Gasteiger partial charge < -0.3 is 15.2 Å². The summed E-state index contributed by atoms with van der Waals surface area (Å²) >= 11 is 5.88. The molecule has 15 heavy (non-hydrogen) atoms. The highest BCUT2D eigenvalue weighted by atomic mass is 35.5. The second-order valence-electron chi connectivity index (χ2n) is 2.79. The van der Waals surface area contributed by atoms with Gasteiger partial charge in [0.05, 0.1) is 31.4 Å². The van der Waals surface area contributed by atoms with Crippen LogP contribution in [0.5, 0.6) is 11.5 Å². The zero-order chi connectivity index (χ0) is 11.4. The molecule has 0 bridgehead atoms. The molecular weight excluding hydrogens is 218 g/mol. The highest BCUT2D eigenvalue weighted by molar-refractivity contribution is 6.32. The Morgan fingerprint density at radius 2 is 1.93 bits per heavy atom. The number of hydrogen-bond donors (Lipinski definition) is 1. The molecular formula is C10H12ClNO3. The van der Waals surface area contributed by atoms with Crippen molar-refractivity contribution in [2.45, 2.75) is 0 Å². The van der Waals surface area contributed by atoms with E-state index >= 15 is 0 Å². The Labute approximate surface area is 92.9 Å². The molecule has 0 aliphatic carbocycles. The topological polar surface area (TPSA) is 61.5 Å². The summed E-state index contributed by atoms with van der Waals surface area (Å²) in [4.78, 5) is 11.5. The van der Waals surface area contributed by atoms with Gasteiger partial charge in [-0.15, -0.1) is 0 Å². The number of ether oxygens (including phenoxy) is 2. The molecule has 0 saturated heterocycles. The van der Waals surface area contributed by atoms with Crippen LogP contribution < -0.4 is 15.2 Å². The van der Waals surface area contributed by atoms with Crippen molar-refractivity contribution in [1.82, 2.24) is 0 Å². The van der Waals surface area contributed by atoms with E-state index in [0.717, 1.165) is 0 Å². The molecule has 1 aromatic rings. The zero-order valence-electron chi connectivity index (χ0n) is 8.54. The molecule has 0 amide bonds. The van der Waals surface area contributed by atoms with E-state index in [1.165, 1.54) is 14.2 Å². The lowest BCUT2D eigenvalue weighted by Crippen LogP contribution is -2.14. The van der Waals surface area contributed by atoms with Crippen LogP contribution in [0.1, 0.15) is 10.4 Å². The summed E-state index contributed by atoms with van der Waals surface area (Å²) in [7, 11) is 2.90. The maximum absolute atomic E-state index is 11.5. The molecule has 0 aliphatic heterocycles. The molecule has 1 rings (SSSR count). The SMILES string of the molecule is COc1c(Cl)ccc(C(=O)CN)c1OC. The molecule has 5 heteroatoms. The van der Waals surface area contributed by atoms with Crippen molar-refractivity contribution in [3.05, 3.63) is 22.7 Å². The fourth-order valence-corrected chi connectivity index (χ4v) is 1.49. The Morgan fingerprint density at radius 1 is 1.33 bits per heavy atom. The van der Waals surface area contributed by atoms with Crippen molar-refractivity contribution in [3.63, 3.8) is 0 Å². The van der Waals surface area contributed by atoms with Crippen molar-refractivity contribution in [1.29, 1.82) is 0 Å². The molecule has 4 nitrogen and oxygen atoms in total. The first-order chi connectivity index (χ1) is 7.15. The zero-order valence-corrected chi connectivity index (χ0v) is 9.30.